The highest BCUT2D eigenvalue weighted by Crippen LogP contribution is 2.07. The number of hydrogen-bond donors (Lipinski definition) is 3. The molecular weight excluding hydrogens is 218 g/mol. The molecule has 1 aromatic rings. The smallest absolute Gasteiger partial charge is 0.234 e. The van der Waals surface area contributed by atoms with Gasteiger partial charge in [-0.1, -0.05) is 0 Å². The third-order valence-corrected chi connectivity index (χ3v) is 2.21. The van der Waals surface area contributed by atoms with Gasteiger partial charge in [-0.2, -0.15) is 0 Å². The van der Waals surface area contributed by atoms with Gasteiger partial charge >= 0.3 is 0 Å². The van der Waals surface area contributed by atoms with Crippen molar-refractivity contribution >= 4 is 11.7 Å². The predicted molar refractivity (Wildman–Crippen MR) is 67.1 cm³/mol. The first kappa shape index (κ1) is 13.4. The summed E-state index contributed by atoms with van der Waals surface area (Å²) in [5.74, 6) is 5.93. The summed E-state index contributed by atoms with van der Waals surface area (Å²) in [5, 5.41) is 2.76. The van der Waals surface area contributed by atoms with Crippen LogP contribution in [0.2, 0.25) is 0 Å². The van der Waals surface area contributed by atoms with Crippen molar-refractivity contribution in [1.29, 1.82) is 0 Å². The highest BCUT2D eigenvalue weighted by molar-refractivity contribution is 5.77. The number of hydrazine groups is 1. The molecule has 0 fully saturated rings. The van der Waals surface area contributed by atoms with Gasteiger partial charge in [0.25, 0.3) is 0 Å². The second kappa shape index (κ2) is 6.82. The number of hydrogen-bond acceptors (Lipinski definition) is 5. The lowest BCUT2D eigenvalue weighted by atomic mass is 10.2. The zero-order valence-electron chi connectivity index (χ0n) is 10.2. The zero-order valence-corrected chi connectivity index (χ0v) is 10.2. The van der Waals surface area contributed by atoms with Crippen molar-refractivity contribution in [3.63, 3.8) is 0 Å². The number of carbonyl (C=O) groups is 1. The first-order chi connectivity index (χ1) is 8.15. The number of nitrogens with zero attached hydrogens (tertiary/aromatic N) is 2. The molecule has 0 aliphatic rings. The molecule has 17 heavy (non-hydrogen) atoms. The van der Waals surface area contributed by atoms with E-state index in [0.717, 1.165) is 5.56 Å². The number of nitrogen functional groups attached to an aromatic ring is 1. The van der Waals surface area contributed by atoms with Crippen molar-refractivity contribution < 1.29 is 4.79 Å². The van der Waals surface area contributed by atoms with E-state index >= 15 is 0 Å². The molecule has 1 aromatic heterocycles. The third-order valence-electron chi connectivity index (χ3n) is 2.21. The summed E-state index contributed by atoms with van der Waals surface area (Å²) < 4.78 is 0. The summed E-state index contributed by atoms with van der Waals surface area (Å²) in [4.78, 5) is 17.3. The minimum Gasteiger partial charge on any atom is -0.355 e. The Labute approximate surface area is 101 Å². The molecule has 0 spiro atoms. The number of amides is 1. The van der Waals surface area contributed by atoms with Crippen molar-refractivity contribution in [3.05, 3.63) is 23.9 Å². The maximum absolute atomic E-state index is 11.4. The van der Waals surface area contributed by atoms with Gasteiger partial charge < -0.3 is 10.7 Å². The lowest BCUT2D eigenvalue weighted by Crippen LogP contribution is -2.34. The largest absolute Gasteiger partial charge is 0.355 e. The lowest BCUT2D eigenvalue weighted by Gasteiger charge is -2.16. The Balaban J connectivity index is 2.49. The average molecular weight is 237 g/mol. The molecule has 1 amide bonds. The predicted octanol–water partition coefficient (Wildman–Crippen LogP) is -0.0649. The molecule has 4 N–H and O–H groups in total. The second-order valence-electron chi connectivity index (χ2n) is 3.82. The van der Waals surface area contributed by atoms with Crippen molar-refractivity contribution in [2.75, 3.05) is 25.6 Å². The van der Waals surface area contributed by atoms with Crippen LogP contribution >= 0.6 is 0 Å². The number of aromatic nitrogens is 1. The number of rotatable bonds is 6. The van der Waals surface area contributed by atoms with E-state index in [1.807, 2.05) is 31.0 Å². The van der Waals surface area contributed by atoms with Crippen LogP contribution in [-0.4, -0.2) is 35.9 Å². The normalized spacial score (nSPS) is 10.4. The Morgan fingerprint density at radius 1 is 1.59 bits per heavy atom. The van der Waals surface area contributed by atoms with Crippen LogP contribution in [0.25, 0.3) is 0 Å². The van der Waals surface area contributed by atoms with Crippen LogP contribution in [0.1, 0.15) is 12.5 Å². The number of pyridine rings is 1. The Morgan fingerprint density at radius 2 is 2.35 bits per heavy atom. The van der Waals surface area contributed by atoms with Crippen molar-refractivity contribution in [1.82, 2.24) is 15.2 Å². The quantitative estimate of drug-likeness (QED) is 0.477. The van der Waals surface area contributed by atoms with Crippen LogP contribution < -0.4 is 16.6 Å². The van der Waals surface area contributed by atoms with Crippen LogP contribution in [0.5, 0.6) is 0 Å². The molecule has 0 aromatic carbocycles. The molecule has 0 bridgehead atoms. The molecule has 0 aliphatic carbocycles. The molecular formula is C11H19N5O. The molecule has 6 heteroatoms. The van der Waals surface area contributed by atoms with E-state index in [-0.39, 0.29) is 5.91 Å². The molecule has 0 unspecified atom stereocenters. The number of nitrogens with one attached hydrogen (secondary N) is 2. The number of anilines is 1. The van der Waals surface area contributed by atoms with E-state index < -0.39 is 0 Å². The SMILES string of the molecule is CCNC(=O)CN(C)Cc1ccnc(NN)c1. The van der Waals surface area contributed by atoms with Crippen LogP contribution in [0.3, 0.4) is 0 Å². The maximum Gasteiger partial charge on any atom is 0.234 e. The number of likely N-dealkylation sites (N-methyl/N-ethyl adjacent to an activating group) is 2. The van der Waals surface area contributed by atoms with Gasteiger partial charge in [0.2, 0.25) is 5.91 Å². The second-order valence-corrected chi connectivity index (χ2v) is 3.82. The Kier molecular flexibility index (Phi) is 5.38. The fourth-order valence-corrected chi connectivity index (χ4v) is 1.52. The monoisotopic (exact) mass is 237 g/mol. The van der Waals surface area contributed by atoms with E-state index in [0.29, 0.717) is 25.5 Å². The van der Waals surface area contributed by atoms with Crippen LogP contribution in [-0.2, 0) is 11.3 Å². The molecule has 6 nitrogen and oxygen atoms in total. The first-order valence-corrected chi connectivity index (χ1v) is 5.52. The molecule has 94 valence electrons. The average Bonchev–Trinajstić information content (AvgIpc) is 2.29. The third kappa shape index (κ3) is 4.80. The molecule has 1 heterocycles. The summed E-state index contributed by atoms with van der Waals surface area (Å²) in [6.07, 6.45) is 1.69. The number of nitrogens with two attached hydrogens (primary N) is 1. The van der Waals surface area contributed by atoms with Crippen LogP contribution in [0, 0.1) is 0 Å². The zero-order chi connectivity index (χ0) is 12.7. The molecule has 0 saturated heterocycles. The van der Waals surface area contributed by atoms with Gasteiger partial charge in [-0.3, -0.25) is 9.69 Å². The summed E-state index contributed by atoms with van der Waals surface area (Å²) in [6, 6.07) is 3.75. The van der Waals surface area contributed by atoms with Gasteiger partial charge in [-0.15, -0.1) is 0 Å². The first-order valence-electron chi connectivity index (χ1n) is 5.52. The van der Waals surface area contributed by atoms with Gasteiger partial charge in [0, 0.05) is 19.3 Å². The molecule has 0 saturated carbocycles. The van der Waals surface area contributed by atoms with Crippen LogP contribution in [0.4, 0.5) is 5.82 Å². The van der Waals surface area contributed by atoms with E-state index in [9.17, 15) is 4.79 Å². The van der Waals surface area contributed by atoms with Gasteiger partial charge in [-0.05, 0) is 31.7 Å². The Hall–Kier alpha value is -1.66. The minimum absolute atomic E-state index is 0.0289. The van der Waals surface area contributed by atoms with Crippen LogP contribution in [0.15, 0.2) is 18.3 Å². The van der Waals surface area contributed by atoms with E-state index in [1.165, 1.54) is 0 Å². The molecule has 0 aliphatic heterocycles. The summed E-state index contributed by atoms with van der Waals surface area (Å²) in [5.41, 5.74) is 3.55. The van der Waals surface area contributed by atoms with Crippen molar-refractivity contribution in [3.8, 4) is 0 Å². The fraction of sp³-hybridized carbons (Fsp3) is 0.455. The van der Waals surface area contributed by atoms with Gasteiger partial charge in [0.1, 0.15) is 5.82 Å². The van der Waals surface area contributed by atoms with Gasteiger partial charge in [0.15, 0.2) is 0 Å². The Bertz CT molecular complexity index is 369. The summed E-state index contributed by atoms with van der Waals surface area (Å²) >= 11 is 0. The Morgan fingerprint density at radius 3 is 3.00 bits per heavy atom. The lowest BCUT2D eigenvalue weighted by molar-refractivity contribution is -0.121. The topological polar surface area (TPSA) is 83.3 Å². The van der Waals surface area contributed by atoms with E-state index in [1.54, 1.807) is 6.20 Å². The van der Waals surface area contributed by atoms with Gasteiger partial charge in [0.05, 0.1) is 6.54 Å². The minimum atomic E-state index is 0.0289. The highest BCUT2D eigenvalue weighted by atomic mass is 16.1. The van der Waals surface area contributed by atoms with Crippen molar-refractivity contribution in [2.45, 2.75) is 13.5 Å². The van der Waals surface area contributed by atoms with Crippen molar-refractivity contribution in [2.24, 2.45) is 5.84 Å². The maximum atomic E-state index is 11.4. The summed E-state index contributed by atoms with van der Waals surface area (Å²) in [6.45, 7) is 3.61. The van der Waals surface area contributed by atoms with E-state index in [2.05, 4.69) is 15.7 Å². The molecule has 0 radical (unpaired) electrons. The highest BCUT2D eigenvalue weighted by Gasteiger charge is 2.06. The summed E-state index contributed by atoms with van der Waals surface area (Å²) in [7, 11) is 1.89. The van der Waals surface area contributed by atoms with Gasteiger partial charge in [-0.25, -0.2) is 10.8 Å². The molecule has 1 rings (SSSR count). The number of carbonyl (C=O) groups excluding carboxylic acids is 1. The van der Waals surface area contributed by atoms with E-state index in [4.69, 9.17) is 5.84 Å². The fourth-order valence-electron chi connectivity index (χ4n) is 1.52. The standard InChI is InChI=1S/C11H19N5O/c1-3-13-11(17)8-16(2)7-9-4-5-14-10(6-9)15-12/h4-6H,3,7-8,12H2,1-2H3,(H,13,17)(H,14,15). The molecule has 0 atom stereocenters.